The van der Waals surface area contributed by atoms with E-state index in [1.165, 1.54) is 28.9 Å². The minimum atomic E-state index is -0.674. The smallest absolute Gasteiger partial charge is 0.294 e. The maximum Gasteiger partial charge on any atom is 0.294 e. The number of nitro benzene ring substituents is 1. The van der Waals surface area contributed by atoms with Crippen LogP contribution in [0.1, 0.15) is 27.3 Å². The van der Waals surface area contributed by atoms with Crippen molar-refractivity contribution in [2.45, 2.75) is 20.1 Å². The predicted octanol–water partition coefficient (Wildman–Crippen LogP) is 3.96. The molecule has 0 spiro atoms. The molecule has 0 aliphatic rings. The molecule has 4 aromatic rings. The summed E-state index contributed by atoms with van der Waals surface area (Å²) in [5.41, 5.74) is 1.28. The van der Waals surface area contributed by atoms with E-state index in [-0.39, 0.29) is 23.6 Å². The van der Waals surface area contributed by atoms with Gasteiger partial charge < -0.3 is 10.1 Å². The van der Waals surface area contributed by atoms with Crippen LogP contribution >= 0.6 is 0 Å². The highest BCUT2D eigenvalue weighted by atomic mass is 16.6. The van der Waals surface area contributed by atoms with E-state index in [2.05, 4.69) is 10.4 Å². The molecule has 0 saturated heterocycles. The number of benzene rings is 3. The number of carbonyl (C=O) groups is 1. The van der Waals surface area contributed by atoms with Crippen molar-refractivity contribution in [3.8, 4) is 11.4 Å². The number of aryl methyl sites for hydroxylation is 1. The first kappa shape index (κ1) is 23.4. The van der Waals surface area contributed by atoms with Gasteiger partial charge >= 0.3 is 0 Å². The molecule has 176 valence electrons. The third-order valence-electron chi connectivity index (χ3n) is 5.25. The molecule has 0 unspecified atom stereocenters. The highest BCUT2D eigenvalue weighted by Crippen LogP contribution is 2.22. The molecular weight excluding hydrogens is 448 g/mol. The molecule has 3 aromatic carbocycles. The van der Waals surface area contributed by atoms with Crippen molar-refractivity contribution in [1.29, 1.82) is 0 Å². The summed E-state index contributed by atoms with van der Waals surface area (Å²) in [6.07, 6.45) is 0. The fraction of sp³-hybridized carbons (Fsp3) is 0.115. The summed E-state index contributed by atoms with van der Waals surface area (Å²) in [4.78, 5) is 36.0. The lowest BCUT2D eigenvalue weighted by molar-refractivity contribution is -0.384. The second-order valence-corrected chi connectivity index (χ2v) is 7.76. The van der Waals surface area contributed by atoms with E-state index in [1.807, 2.05) is 42.5 Å². The van der Waals surface area contributed by atoms with Gasteiger partial charge in [-0.25, -0.2) is 4.68 Å². The molecule has 1 amide bonds. The van der Waals surface area contributed by atoms with Crippen LogP contribution in [0.3, 0.4) is 0 Å². The monoisotopic (exact) mass is 470 g/mol. The fourth-order valence-corrected chi connectivity index (χ4v) is 3.46. The van der Waals surface area contributed by atoms with Crippen LogP contribution < -0.4 is 15.5 Å². The molecule has 0 aliphatic carbocycles. The van der Waals surface area contributed by atoms with E-state index in [4.69, 9.17) is 4.74 Å². The average molecular weight is 470 g/mol. The van der Waals surface area contributed by atoms with Gasteiger partial charge in [0.05, 0.1) is 4.92 Å². The summed E-state index contributed by atoms with van der Waals surface area (Å²) in [6, 6.07) is 24.3. The normalized spacial score (nSPS) is 10.5. The van der Waals surface area contributed by atoms with Gasteiger partial charge in [0.2, 0.25) is 5.43 Å². The summed E-state index contributed by atoms with van der Waals surface area (Å²) in [5.74, 6) is 0.0169. The van der Waals surface area contributed by atoms with Crippen LogP contribution in [-0.4, -0.2) is 20.6 Å². The minimum absolute atomic E-state index is 0.162. The van der Waals surface area contributed by atoms with E-state index in [0.717, 1.165) is 11.1 Å². The fourth-order valence-electron chi connectivity index (χ4n) is 3.46. The van der Waals surface area contributed by atoms with E-state index in [0.29, 0.717) is 18.1 Å². The summed E-state index contributed by atoms with van der Waals surface area (Å²) < 4.78 is 6.99. The number of aromatic nitrogens is 2. The molecular formula is C26H22N4O5. The number of nitrogens with zero attached hydrogens (tertiary/aromatic N) is 3. The van der Waals surface area contributed by atoms with Gasteiger partial charge in [-0.1, -0.05) is 54.6 Å². The topological polar surface area (TPSA) is 116 Å². The lowest BCUT2D eigenvalue weighted by Gasteiger charge is -2.12. The molecule has 9 nitrogen and oxygen atoms in total. The predicted molar refractivity (Wildman–Crippen MR) is 130 cm³/mol. The summed E-state index contributed by atoms with van der Waals surface area (Å²) in [7, 11) is 0. The molecule has 0 saturated carbocycles. The zero-order valence-electron chi connectivity index (χ0n) is 18.9. The summed E-state index contributed by atoms with van der Waals surface area (Å²) in [6.45, 7) is 2.20. The molecule has 0 fully saturated rings. The molecule has 9 heteroatoms. The third kappa shape index (κ3) is 5.59. The first-order chi connectivity index (χ1) is 16.9. The van der Waals surface area contributed by atoms with Crippen molar-refractivity contribution >= 4 is 11.6 Å². The second-order valence-electron chi connectivity index (χ2n) is 7.76. The molecule has 1 heterocycles. The lowest BCUT2D eigenvalue weighted by atomic mass is 10.2. The number of amides is 1. The number of ether oxygens (including phenoxy) is 1. The standard InChI is InChI=1S/C26H22N4O5/c1-18-15-24(31)25(28-29(18)22-9-5-6-10-23(22)30(33)34)26(32)27-16-19-11-13-21(14-12-19)35-17-20-7-3-2-4-8-20/h2-15H,16-17H2,1H3,(H,27,32). The van der Waals surface area contributed by atoms with Crippen LogP contribution in [0.4, 0.5) is 5.69 Å². The Kier molecular flexibility index (Phi) is 6.96. The van der Waals surface area contributed by atoms with Crippen molar-refractivity contribution in [2.24, 2.45) is 0 Å². The quantitative estimate of drug-likeness (QED) is 0.308. The minimum Gasteiger partial charge on any atom is -0.489 e. The molecule has 0 bridgehead atoms. The van der Waals surface area contributed by atoms with Crippen molar-refractivity contribution in [1.82, 2.24) is 15.1 Å². The van der Waals surface area contributed by atoms with E-state index in [1.54, 1.807) is 25.1 Å². The van der Waals surface area contributed by atoms with Gasteiger partial charge in [-0.15, -0.1) is 0 Å². The van der Waals surface area contributed by atoms with Gasteiger partial charge in [0, 0.05) is 24.4 Å². The van der Waals surface area contributed by atoms with E-state index in [9.17, 15) is 19.7 Å². The van der Waals surface area contributed by atoms with Crippen LogP contribution in [0.5, 0.6) is 5.75 Å². The Labute approximate surface area is 200 Å². The van der Waals surface area contributed by atoms with Gasteiger partial charge in [0.25, 0.3) is 11.6 Å². The molecule has 35 heavy (non-hydrogen) atoms. The summed E-state index contributed by atoms with van der Waals surface area (Å²) in [5, 5.41) is 18.2. The molecule has 0 aliphatic heterocycles. The van der Waals surface area contributed by atoms with E-state index < -0.39 is 16.3 Å². The van der Waals surface area contributed by atoms with E-state index >= 15 is 0 Å². The van der Waals surface area contributed by atoms with Crippen LogP contribution in [0, 0.1) is 17.0 Å². The van der Waals surface area contributed by atoms with Gasteiger partial charge in [0.15, 0.2) is 5.69 Å². The number of nitro groups is 1. The number of hydrogen-bond donors (Lipinski definition) is 1. The molecule has 0 atom stereocenters. The molecule has 4 rings (SSSR count). The second kappa shape index (κ2) is 10.4. The van der Waals surface area contributed by atoms with Crippen LogP contribution in [0.15, 0.2) is 89.7 Å². The zero-order valence-corrected chi connectivity index (χ0v) is 18.9. The van der Waals surface area contributed by atoms with Crippen LogP contribution in [0.25, 0.3) is 5.69 Å². The van der Waals surface area contributed by atoms with Crippen molar-refractivity contribution < 1.29 is 14.5 Å². The van der Waals surface area contributed by atoms with Gasteiger partial charge in [0.1, 0.15) is 18.0 Å². The molecule has 1 N–H and O–H groups in total. The van der Waals surface area contributed by atoms with Crippen molar-refractivity contribution in [3.05, 3.63) is 128 Å². The van der Waals surface area contributed by atoms with Gasteiger partial charge in [-0.05, 0) is 36.2 Å². The highest BCUT2D eigenvalue weighted by molar-refractivity contribution is 5.92. The van der Waals surface area contributed by atoms with Crippen LogP contribution in [-0.2, 0) is 13.2 Å². The number of nitrogens with one attached hydrogen (secondary N) is 1. The number of carbonyl (C=O) groups excluding carboxylic acids is 1. The number of hydrogen-bond acceptors (Lipinski definition) is 6. The van der Waals surface area contributed by atoms with Crippen molar-refractivity contribution in [3.63, 3.8) is 0 Å². The Morgan fingerprint density at radius 2 is 1.69 bits per heavy atom. The average Bonchev–Trinajstić information content (AvgIpc) is 2.87. The highest BCUT2D eigenvalue weighted by Gasteiger charge is 2.20. The van der Waals surface area contributed by atoms with Gasteiger partial charge in [-0.3, -0.25) is 19.7 Å². The summed E-state index contributed by atoms with van der Waals surface area (Å²) >= 11 is 0. The number of para-hydroxylation sites is 2. The third-order valence-corrected chi connectivity index (χ3v) is 5.25. The molecule has 1 aromatic heterocycles. The Morgan fingerprint density at radius 1 is 1.00 bits per heavy atom. The maximum absolute atomic E-state index is 12.7. The first-order valence-electron chi connectivity index (χ1n) is 10.8. The number of rotatable bonds is 8. The Morgan fingerprint density at radius 3 is 2.40 bits per heavy atom. The zero-order chi connectivity index (χ0) is 24.8. The van der Waals surface area contributed by atoms with Gasteiger partial charge in [-0.2, -0.15) is 5.10 Å². The Bertz CT molecular complexity index is 1420. The first-order valence-corrected chi connectivity index (χ1v) is 10.8. The SMILES string of the molecule is Cc1cc(=O)c(C(=O)NCc2ccc(OCc3ccccc3)cc2)nn1-c1ccccc1[N+](=O)[O-]. The molecule has 0 radical (unpaired) electrons. The largest absolute Gasteiger partial charge is 0.489 e. The lowest BCUT2D eigenvalue weighted by Crippen LogP contribution is -2.31. The Hall–Kier alpha value is -4.79. The Balaban J connectivity index is 1.45. The van der Waals surface area contributed by atoms with Crippen molar-refractivity contribution in [2.75, 3.05) is 0 Å². The maximum atomic E-state index is 12.7. The van der Waals surface area contributed by atoms with Crippen LogP contribution in [0.2, 0.25) is 0 Å².